The van der Waals surface area contributed by atoms with Gasteiger partial charge in [-0.1, -0.05) is 37.3 Å². The van der Waals surface area contributed by atoms with E-state index in [0.29, 0.717) is 17.6 Å². The SMILES string of the molecule is C[C@@H]1CC(=O)C[C@@H]1c1ccccc1. The molecule has 1 saturated carbocycles. The quantitative estimate of drug-likeness (QED) is 0.639. The second-order valence-electron chi connectivity index (χ2n) is 3.94. The van der Waals surface area contributed by atoms with E-state index in [1.165, 1.54) is 5.56 Å². The molecule has 2 atom stereocenters. The summed E-state index contributed by atoms with van der Waals surface area (Å²) in [6.07, 6.45) is 1.50. The topological polar surface area (TPSA) is 17.1 Å². The maximum absolute atomic E-state index is 11.2. The van der Waals surface area contributed by atoms with Crippen LogP contribution in [0.3, 0.4) is 0 Å². The minimum atomic E-state index is 0.418. The van der Waals surface area contributed by atoms with Gasteiger partial charge in [0.2, 0.25) is 0 Å². The van der Waals surface area contributed by atoms with Gasteiger partial charge in [-0.15, -0.1) is 0 Å². The molecule has 1 heteroatoms. The van der Waals surface area contributed by atoms with Crippen LogP contribution >= 0.6 is 0 Å². The maximum Gasteiger partial charge on any atom is 0.133 e. The van der Waals surface area contributed by atoms with Crippen molar-refractivity contribution in [3.05, 3.63) is 35.9 Å². The lowest BCUT2D eigenvalue weighted by Crippen LogP contribution is -2.01. The van der Waals surface area contributed by atoms with Crippen molar-refractivity contribution in [2.24, 2.45) is 5.92 Å². The molecule has 13 heavy (non-hydrogen) atoms. The van der Waals surface area contributed by atoms with Crippen LogP contribution in [0.15, 0.2) is 30.3 Å². The van der Waals surface area contributed by atoms with Crippen molar-refractivity contribution in [3.8, 4) is 0 Å². The van der Waals surface area contributed by atoms with Crippen LogP contribution in [-0.4, -0.2) is 5.78 Å². The number of hydrogen-bond donors (Lipinski definition) is 0. The van der Waals surface area contributed by atoms with Gasteiger partial charge >= 0.3 is 0 Å². The number of benzene rings is 1. The van der Waals surface area contributed by atoms with E-state index in [1.807, 2.05) is 18.2 Å². The first-order valence-electron chi connectivity index (χ1n) is 4.84. The molecule has 68 valence electrons. The van der Waals surface area contributed by atoms with E-state index in [2.05, 4.69) is 19.1 Å². The molecular weight excluding hydrogens is 160 g/mol. The van der Waals surface area contributed by atoms with E-state index >= 15 is 0 Å². The normalized spacial score (nSPS) is 27.9. The molecule has 1 aromatic carbocycles. The minimum Gasteiger partial charge on any atom is -0.300 e. The second-order valence-corrected chi connectivity index (χ2v) is 3.94. The maximum atomic E-state index is 11.2. The fourth-order valence-corrected chi connectivity index (χ4v) is 2.18. The van der Waals surface area contributed by atoms with E-state index < -0.39 is 0 Å². The lowest BCUT2D eigenvalue weighted by atomic mass is 9.90. The second kappa shape index (κ2) is 3.33. The summed E-state index contributed by atoms with van der Waals surface area (Å²) in [5, 5.41) is 0. The average molecular weight is 174 g/mol. The van der Waals surface area contributed by atoms with Crippen molar-refractivity contribution in [1.29, 1.82) is 0 Å². The highest BCUT2D eigenvalue weighted by Crippen LogP contribution is 2.36. The van der Waals surface area contributed by atoms with Crippen LogP contribution in [0.5, 0.6) is 0 Å². The predicted molar refractivity (Wildman–Crippen MR) is 52.6 cm³/mol. The van der Waals surface area contributed by atoms with Gasteiger partial charge in [-0.2, -0.15) is 0 Å². The highest BCUT2D eigenvalue weighted by atomic mass is 16.1. The molecule has 0 aromatic heterocycles. The summed E-state index contributed by atoms with van der Waals surface area (Å²) in [5.74, 6) is 1.41. The van der Waals surface area contributed by atoms with Gasteiger partial charge in [0, 0.05) is 12.8 Å². The number of carbonyl (C=O) groups excluding carboxylic acids is 1. The van der Waals surface area contributed by atoms with Crippen molar-refractivity contribution in [3.63, 3.8) is 0 Å². The third kappa shape index (κ3) is 1.64. The number of Topliss-reactive ketones (excluding diaryl/α,β-unsaturated/α-hetero) is 1. The van der Waals surface area contributed by atoms with Crippen molar-refractivity contribution in [1.82, 2.24) is 0 Å². The van der Waals surface area contributed by atoms with Gasteiger partial charge in [0.25, 0.3) is 0 Å². The largest absolute Gasteiger partial charge is 0.300 e. The zero-order valence-electron chi connectivity index (χ0n) is 7.86. The molecule has 0 saturated heterocycles. The molecule has 0 spiro atoms. The summed E-state index contributed by atoms with van der Waals surface area (Å²) in [6, 6.07) is 10.4. The number of rotatable bonds is 1. The zero-order chi connectivity index (χ0) is 9.26. The number of ketones is 1. The first-order valence-corrected chi connectivity index (χ1v) is 4.84. The minimum absolute atomic E-state index is 0.418. The Morgan fingerprint density at radius 1 is 1.15 bits per heavy atom. The molecule has 1 nitrogen and oxygen atoms in total. The molecular formula is C12H14O. The van der Waals surface area contributed by atoms with Crippen LogP contribution in [0.1, 0.15) is 31.2 Å². The lowest BCUT2D eigenvalue weighted by Gasteiger charge is -2.13. The lowest BCUT2D eigenvalue weighted by molar-refractivity contribution is -0.117. The number of carbonyl (C=O) groups is 1. The van der Waals surface area contributed by atoms with Crippen LogP contribution in [0.25, 0.3) is 0 Å². The number of hydrogen-bond acceptors (Lipinski definition) is 1. The summed E-state index contributed by atoms with van der Waals surface area (Å²) in [5.41, 5.74) is 1.32. The molecule has 1 aromatic rings. The van der Waals surface area contributed by atoms with E-state index in [9.17, 15) is 4.79 Å². The molecule has 0 radical (unpaired) electrons. The zero-order valence-corrected chi connectivity index (χ0v) is 7.86. The van der Waals surface area contributed by atoms with Gasteiger partial charge in [0.1, 0.15) is 5.78 Å². The summed E-state index contributed by atoms with van der Waals surface area (Å²) in [7, 11) is 0. The third-order valence-corrected chi connectivity index (χ3v) is 2.91. The predicted octanol–water partition coefficient (Wildman–Crippen LogP) is 2.77. The van der Waals surface area contributed by atoms with Crippen LogP contribution in [-0.2, 0) is 4.79 Å². The molecule has 0 aliphatic heterocycles. The Kier molecular flexibility index (Phi) is 2.17. The molecule has 1 fully saturated rings. The fourth-order valence-electron chi connectivity index (χ4n) is 2.18. The summed E-state index contributed by atoms with van der Waals surface area (Å²) >= 11 is 0. The fraction of sp³-hybridized carbons (Fsp3) is 0.417. The van der Waals surface area contributed by atoms with Gasteiger partial charge < -0.3 is 0 Å². The Bertz CT molecular complexity index is 302. The van der Waals surface area contributed by atoms with Gasteiger partial charge in [-0.25, -0.2) is 0 Å². The Morgan fingerprint density at radius 2 is 1.85 bits per heavy atom. The van der Waals surface area contributed by atoms with Gasteiger partial charge in [0.05, 0.1) is 0 Å². The van der Waals surface area contributed by atoms with Crippen molar-refractivity contribution in [2.45, 2.75) is 25.7 Å². The van der Waals surface area contributed by atoms with Crippen LogP contribution in [0.4, 0.5) is 0 Å². The Labute approximate surface area is 78.8 Å². The first kappa shape index (κ1) is 8.49. The monoisotopic (exact) mass is 174 g/mol. The van der Waals surface area contributed by atoms with Crippen LogP contribution in [0.2, 0.25) is 0 Å². The van der Waals surface area contributed by atoms with Crippen molar-refractivity contribution >= 4 is 5.78 Å². The molecule has 0 bridgehead atoms. The van der Waals surface area contributed by atoms with Crippen molar-refractivity contribution < 1.29 is 4.79 Å². The first-order chi connectivity index (χ1) is 6.27. The molecule has 0 heterocycles. The summed E-state index contributed by atoms with van der Waals surface area (Å²) in [4.78, 5) is 11.2. The molecule has 1 aliphatic rings. The summed E-state index contributed by atoms with van der Waals surface area (Å²) in [6.45, 7) is 2.17. The van der Waals surface area contributed by atoms with E-state index in [1.54, 1.807) is 0 Å². The standard InChI is InChI=1S/C12H14O/c1-9-7-11(13)8-12(9)10-5-3-2-4-6-10/h2-6,9,12H,7-8H2,1H3/t9-,12+/m1/s1. The van der Waals surface area contributed by atoms with Gasteiger partial charge in [0.15, 0.2) is 0 Å². The van der Waals surface area contributed by atoms with Crippen molar-refractivity contribution in [2.75, 3.05) is 0 Å². The van der Waals surface area contributed by atoms with E-state index in [-0.39, 0.29) is 0 Å². The molecule has 0 amide bonds. The Balaban J connectivity index is 2.23. The molecule has 1 aliphatic carbocycles. The third-order valence-electron chi connectivity index (χ3n) is 2.91. The molecule has 0 N–H and O–H groups in total. The van der Waals surface area contributed by atoms with E-state index in [0.717, 1.165) is 12.8 Å². The van der Waals surface area contributed by atoms with E-state index in [4.69, 9.17) is 0 Å². The molecule has 0 unspecified atom stereocenters. The summed E-state index contributed by atoms with van der Waals surface area (Å²) < 4.78 is 0. The highest BCUT2D eigenvalue weighted by Gasteiger charge is 2.30. The highest BCUT2D eigenvalue weighted by molar-refractivity contribution is 5.82. The Hall–Kier alpha value is -1.11. The molecule has 2 rings (SSSR count). The smallest absolute Gasteiger partial charge is 0.133 e. The average Bonchev–Trinajstić information content (AvgIpc) is 2.47. The van der Waals surface area contributed by atoms with Gasteiger partial charge in [-0.05, 0) is 17.4 Å². The van der Waals surface area contributed by atoms with Gasteiger partial charge in [-0.3, -0.25) is 4.79 Å². The van der Waals surface area contributed by atoms with Crippen LogP contribution < -0.4 is 0 Å². The Morgan fingerprint density at radius 3 is 2.38 bits per heavy atom. The van der Waals surface area contributed by atoms with Crippen LogP contribution in [0, 0.1) is 5.92 Å².